The van der Waals surface area contributed by atoms with Crippen molar-refractivity contribution in [2.45, 2.75) is 18.9 Å². The molecule has 2 atom stereocenters. The molecule has 7 nitrogen and oxygen atoms in total. The van der Waals surface area contributed by atoms with Gasteiger partial charge in [-0.05, 0) is 13.0 Å². The molecule has 0 saturated carbocycles. The van der Waals surface area contributed by atoms with Crippen molar-refractivity contribution in [2.24, 2.45) is 5.73 Å². The number of amides is 1. The average Bonchev–Trinajstić information content (AvgIpc) is 2.69. The van der Waals surface area contributed by atoms with Gasteiger partial charge in [0.05, 0.1) is 11.5 Å². The lowest BCUT2D eigenvalue weighted by molar-refractivity contribution is -0.137. The standard InChI is InChI=1S/C13H15N3O4/c1-7-9(11(18)12(14)19)10-8(16(7)2)3-4-15-13(10)20-6-5-17/h3-5,7,9H,6H2,1-2H3,(H2,14,19). The first-order chi connectivity index (χ1) is 9.49. The summed E-state index contributed by atoms with van der Waals surface area (Å²) < 4.78 is 5.24. The number of Topliss-reactive ketones (excluding diaryl/α,β-unsaturated/α-hetero) is 1. The molecule has 0 radical (unpaired) electrons. The summed E-state index contributed by atoms with van der Waals surface area (Å²) in [5.41, 5.74) is 6.36. The smallest absolute Gasteiger partial charge is 0.285 e. The van der Waals surface area contributed by atoms with Gasteiger partial charge in [0.15, 0.2) is 6.29 Å². The highest BCUT2D eigenvalue weighted by Gasteiger charge is 2.43. The molecule has 1 aromatic heterocycles. The van der Waals surface area contributed by atoms with Crippen LogP contribution < -0.4 is 15.4 Å². The van der Waals surface area contributed by atoms with E-state index in [1.54, 1.807) is 13.1 Å². The van der Waals surface area contributed by atoms with Crippen LogP contribution >= 0.6 is 0 Å². The number of ketones is 1. The van der Waals surface area contributed by atoms with E-state index in [-0.39, 0.29) is 18.5 Å². The fourth-order valence-electron chi connectivity index (χ4n) is 2.46. The van der Waals surface area contributed by atoms with Gasteiger partial charge in [0.25, 0.3) is 5.91 Å². The molecule has 1 aliphatic heterocycles. The van der Waals surface area contributed by atoms with E-state index in [1.165, 1.54) is 6.20 Å². The van der Waals surface area contributed by atoms with E-state index >= 15 is 0 Å². The van der Waals surface area contributed by atoms with Crippen molar-refractivity contribution < 1.29 is 19.1 Å². The van der Waals surface area contributed by atoms with Crippen molar-refractivity contribution in [3.63, 3.8) is 0 Å². The minimum atomic E-state index is -0.992. The van der Waals surface area contributed by atoms with Crippen LogP contribution in [0.5, 0.6) is 5.88 Å². The van der Waals surface area contributed by atoms with Crippen LogP contribution in [0.1, 0.15) is 18.4 Å². The van der Waals surface area contributed by atoms with Gasteiger partial charge in [0.2, 0.25) is 11.7 Å². The highest BCUT2D eigenvalue weighted by Crippen LogP contribution is 2.44. The van der Waals surface area contributed by atoms with E-state index in [0.717, 1.165) is 5.69 Å². The Morgan fingerprint density at radius 2 is 2.25 bits per heavy atom. The molecule has 1 aliphatic rings. The second-order valence-corrected chi connectivity index (χ2v) is 4.58. The van der Waals surface area contributed by atoms with E-state index < -0.39 is 17.6 Å². The number of pyridine rings is 1. The van der Waals surface area contributed by atoms with E-state index in [1.807, 2.05) is 11.8 Å². The van der Waals surface area contributed by atoms with Crippen LogP contribution in [-0.2, 0) is 14.4 Å². The van der Waals surface area contributed by atoms with Crippen molar-refractivity contribution >= 4 is 23.7 Å². The Balaban J connectivity index is 2.52. The molecule has 7 heteroatoms. The first-order valence-electron chi connectivity index (χ1n) is 6.10. The molecule has 0 fully saturated rings. The molecule has 0 aromatic carbocycles. The van der Waals surface area contributed by atoms with Gasteiger partial charge in [-0.15, -0.1) is 0 Å². The molecule has 0 bridgehead atoms. The third kappa shape index (κ3) is 2.11. The molecular weight excluding hydrogens is 262 g/mol. The van der Waals surface area contributed by atoms with Gasteiger partial charge in [-0.3, -0.25) is 14.4 Å². The topological polar surface area (TPSA) is 103 Å². The molecule has 0 spiro atoms. The highest BCUT2D eigenvalue weighted by molar-refractivity contribution is 6.38. The maximum atomic E-state index is 12.0. The molecular formula is C13H15N3O4. The third-order valence-electron chi connectivity index (χ3n) is 3.53. The first-order valence-corrected chi connectivity index (χ1v) is 6.10. The van der Waals surface area contributed by atoms with Gasteiger partial charge < -0.3 is 15.4 Å². The number of carbonyl (C=O) groups is 3. The van der Waals surface area contributed by atoms with Crippen LogP contribution in [0.4, 0.5) is 5.69 Å². The molecule has 106 valence electrons. The second-order valence-electron chi connectivity index (χ2n) is 4.58. The number of aldehydes is 1. The van der Waals surface area contributed by atoms with Crippen molar-refractivity contribution in [1.82, 2.24) is 4.98 Å². The van der Waals surface area contributed by atoms with Crippen molar-refractivity contribution in [1.29, 1.82) is 0 Å². The second kappa shape index (κ2) is 5.28. The average molecular weight is 277 g/mol. The molecule has 1 aromatic rings. The predicted molar refractivity (Wildman–Crippen MR) is 70.6 cm³/mol. The van der Waals surface area contributed by atoms with Crippen LogP contribution in [0.2, 0.25) is 0 Å². The number of rotatable bonds is 5. The number of fused-ring (bicyclic) bond motifs is 1. The Morgan fingerprint density at radius 1 is 1.55 bits per heavy atom. The number of primary amides is 1. The minimum absolute atomic E-state index is 0.168. The van der Waals surface area contributed by atoms with E-state index in [0.29, 0.717) is 11.8 Å². The summed E-state index contributed by atoms with van der Waals surface area (Å²) in [5, 5.41) is 0. The van der Waals surface area contributed by atoms with Gasteiger partial charge in [-0.25, -0.2) is 4.98 Å². The molecule has 2 heterocycles. The summed E-state index contributed by atoms with van der Waals surface area (Å²) in [6.07, 6.45) is 2.12. The lowest BCUT2D eigenvalue weighted by Gasteiger charge is -2.21. The predicted octanol–water partition coefficient (Wildman–Crippen LogP) is -0.364. The Hall–Kier alpha value is -2.44. The van der Waals surface area contributed by atoms with Gasteiger partial charge >= 0.3 is 0 Å². The lowest BCUT2D eigenvalue weighted by atomic mass is 9.91. The Kier molecular flexibility index (Phi) is 3.69. The van der Waals surface area contributed by atoms with Crippen LogP contribution in [0.15, 0.2) is 12.3 Å². The Bertz CT molecular complexity index is 573. The molecule has 2 unspecified atom stereocenters. The van der Waals surface area contributed by atoms with Crippen molar-refractivity contribution in [2.75, 3.05) is 18.6 Å². The monoisotopic (exact) mass is 277 g/mol. The van der Waals surface area contributed by atoms with Crippen molar-refractivity contribution in [3.05, 3.63) is 17.8 Å². The Morgan fingerprint density at radius 3 is 2.85 bits per heavy atom. The quantitative estimate of drug-likeness (QED) is 0.582. The number of likely N-dealkylation sites (N-methyl/N-ethyl adjacent to an activating group) is 1. The third-order valence-corrected chi connectivity index (χ3v) is 3.53. The lowest BCUT2D eigenvalue weighted by Crippen LogP contribution is -2.37. The fraction of sp³-hybridized carbons (Fsp3) is 0.385. The molecule has 1 amide bonds. The fourth-order valence-corrected chi connectivity index (χ4v) is 2.46. The maximum absolute atomic E-state index is 12.0. The number of anilines is 1. The van der Waals surface area contributed by atoms with E-state index in [2.05, 4.69) is 4.98 Å². The maximum Gasteiger partial charge on any atom is 0.285 e. The Labute approximate surface area is 115 Å². The zero-order chi connectivity index (χ0) is 14.9. The van der Waals surface area contributed by atoms with Crippen molar-refractivity contribution in [3.8, 4) is 5.88 Å². The zero-order valence-electron chi connectivity index (χ0n) is 11.2. The minimum Gasteiger partial charge on any atom is -0.470 e. The van der Waals surface area contributed by atoms with Crippen LogP contribution in [0.25, 0.3) is 0 Å². The van der Waals surface area contributed by atoms with Gasteiger partial charge in [-0.1, -0.05) is 0 Å². The SMILES string of the molecule is CC1C(C(=O)C(N)=O)c2c(ccnc2OCC=O)N1C. The van der Waals surface area contributed by atoms with Gasteiger partial charge in [-0.2, -0.15) is 0 Å². The van der Waals surface area contributed by atoms with Crippen LogP contribution in [0, 0.1) is 0 Å². The van der Waals surface area contributed by atoms with E-state index in [9.17, 15) is 14.4 Å². The molecule has 2 rings (SSSR count). The molecule has 2 N–H and O–H groups in total. The number of hydrogen-bond acceptors (Lipinski definition) is 6. The number of carbonyl (C=O) groups excluding carboxylic acids is 3. The first kappa shape index (κ1) is 14.0. The molecule has 20 heavy (non-hydrogen) atoms. The summed E-state index contributed by atoms with van der Waals surface area (Å²) in [7, 11) is 1.81. The molecule has 0 aliphatic carbocycles. The number of ether oxygens (including phenoxy) is 1. The summed E-state index contributed by atoms with van der Waals surface area (Å²) in [4.78, 5) is 39.6. The number of hydrogen-bond donors (Lipinski definition) is 1. The van der Waals surface area contributed by atoms with Crippen LogP contribution in [-0.4, -0.2) is 42.7 Å². The van der Waals surface area contributed by atoms with Gasteiger partial charge in [0.1, 0.15) is 6.61 Å². The summed E-state index contributed by atoms with van der Waals surface area (Å²) in [6.45, 7) is 1.65. The number of nitrogens with zero attached hydrogens (tertiary/aromatic N) is 2. The van der Waals surface area contributed by atoms with E-state index in [4.69, 9.17) is 10.5 Å². The van der Waals surface area contributed by atoms with Gasteiger partial charge in [0, 0.05) is 25.0 Å². The number of nitrogens with two attached hydrogens (primary N) is 1. The summed E-state index contributed by atoms with van der Waals surface area (Å²) in [6, 6.07) is 1.49. The summed E-state index contributed by atoms with van der Waals surface area (Å²) in [5.74, 6) is -2.23. The highest BCUT2D eigenvalue weighted by atomic mass is 16.5. The zero-order valence-corrected chi connectivity index (χ0v) is 11.2. The number of aromatic nitrogens is 1. The van der Waals surface area contributed by atoms with Crippen LogP contribution in [0.3, 0.4) is 0 Å². The summed E-state index contributed by atoms with van der Waals surface area (Å²) >= 11 is 0. The normalized spacial score (nSPS) is 20.4. The molecule has 0 saturated heterocycles. The largest absolute Gasteiger partial charge is 0.470 e.